The number of carbonyl (C=O) groups is 1. The van der Waals surface area contributed by atoms with Crippen molar-refractivity contribution < 1.29 is 18.8 Å². The molecule has 0 aliphatic heterocycles. The van der Waals surface area contributed by atoms with Crippen LogP contribution in [0.2, 0.25) is 0 Å². The number of nitrogens with zero attached hydrogens (tertiary/aromatic N) is 1. The first-order chi connectivity index (χ1) is 17.8. The Balaban J connectivity index is 1.66. The van der Waals surface area contributed by atoms with Crippen LogP contribution in [0.1, 0.15) is 89.7 Å². The number of benzene rings is 2. The number of ether oxygens (including phenoxy) is 2. The zero-order chi connectivity index (χ0) is 26.9. The molecule has 2 unspecified atom stereocenters. The lowest BCUT2D eigenvalue weighted by Crippen LogP contribution is -2.44. The fourth-order valence-electron chi connectivity index (χ4n) is 4.98. The summed E-state index contributed by atoms with van der Waals surface area (Å²) in [6.07, 6.45) is 13.0. The summed E-state index contributed by atoms with van der Waals surface area (Å²) >= 11 is 0. The molecule has 4 nitrogen and oxygen atoms in total. The van der Waals surface area contributed by atoms with Crippen molar-refractivity contribution in [2.75, 3.05) is 27.2 Å². The Morgan fingerprint density at radius 2 is 1.43 bits per heavy atom. The molecule has 2 rings (SSSR count). The van der Waals surface area contributed by atoms with Gasteiger partial charge in [-0.15, -0.1) is 0 Å². The van der Waals surface area contributed by atoms with E-state index in [0.717, 1.165) is 29.7 Å². The molecule has 0 spiro atoms. The Hall–Kier alpha value is -2.33. The summed E-state index contributed by atoms with van der Waals surface area (Å²) in [6, 6.07) is 18.8. The van der Waals surface area contributed by atoms with E-state index in [4.69, 9.17) is 9.47 Å². The van der Waals surface area contributed by atoms with Gasteiger partial charge in [-0.05, 0) is 44.4 Å². The molecule has 0 fully saturated rings. The largest absolute Gasteiger partial charge is 0.487 e. The van der Waals surface area contributed by atoms with Gasteiger partial charge in [-0.1, -0.05) is 101 Å². The highest BCUT2D eigenvalue weighted by Gasteiger charge is 2.26. The predicted octanol–water partition coefficient (Wildman–Crippen LogP) is 7.98. The Bertz CT molecular complexity index is 880. The van der Waals surface area contributed by atoms with Gasteiger partial charge in [0, 0.05) is 5.56 Å². The van der Waals surface area contributed by atoms with Crippen molar-refractivity contribution in [1.29, 1.82) is 0 Å². The molecule has 0 saturated carbocycles. The second-order valence-corrected chi connectivity index (χ2v) is 11.4. The molecule has 206 valence electrons. The lowest BCUT2D eigenvalue weighted by atomic mass is 10.0. The molecule has 2 aromatic rings. The third kappa shape index (κ3) is 13.7. The van der Waals surface area contributed by atoms with Gasteiger partial charge in [0.05, 0.1) is 20.6 Å². The normalized spacial score (nSPS) is 13.2. The molecule has 0 aliphatic carbocycles. The van der Waals surface area contributed by atoms with E-state index < -0.39 is 0 Å². The average Bonchev–Trinajstić information content (AvgIpc) is 2.86. The van der Waals surface area contributed by atoms with Crippen LogP contribution in [0.5, 0.6) is 5.75 Å². The molecule has 0 bridgehead atoms. The highest BCUT2D eigenvalue weighted by molar-refractivity contribution is 5.72. The third-order valence-corrected chi connectivity index (χ3v) is 6.89. The van der Waals surface area contributed by atoms with Crippen molar-refractivity contribution in [2.24, 2.45) is 5.92 Å². The van der Waals surface area contributed by atoms with E-state index >= 15 is 0 Å². The standard InChI is InChI=1S/C33H52NO3/c1-6-7-8-9-10-11-12-13-15-19-30-22-18-23-32(24-30)37-29(3)27-36-33(35)28(2)25-34(4,5)26-31-20-16-14-17-21-31/h14,16-18,20-24,28-29H,6-13,15,19,25-27H2,1-5H3/q+1. The van der Waals surface area contributed by atoms with Gasteiger partial charge in [-0.2, -0.15) is 0 Å². The molecule has 0 N–H and O–H groups in total. The van der Waals surface area contributed by atoms with E-state index in [9.17, 15) is 4.79 Å². The highest BCUT2D eigenvalue weighted by atomic mass is 16.6. The predicted molar refractivity (Wildman–Crippen MR) is 155 cm³/mol. The lowest BCUT2D eigenvalue weighted by Gasteiger charge is -2.32. The lowest BCUT2D eigenvalue weighted by molar-refractivity contribution is -0.905. The van der Waals surface area contributed by atoms with E-state index in [0.29, 0.717) is 0 Å². The maximum absolute atomic E-state index is 12.7. The van der Waals surface area contributed by atoms with Crippen molar-refractivity contribution in [1.82, 2.24) is 0 Å². The Kier molecular flexibility index (Phi) is 14.4. The first-order valence-electron chi connectivity index (χ1n) is 14.6. The quantitative estimate of drug-likeness (QED) is 0.109. The maximum Gasteiger partial charge on any atom is 0.314 e. The van der Waals surface area contributed by atoms with E-state index in [2.05, 4.69) is 63.5 Å². The fraction of sp³-hybridized carbons (Fsp3) is 0.606. The number of esters is 1. The summed E-state index contributed by atoms with van der Waals surface area (Å²) in [6.45, 7) is 8.05. The first kappa shape index (κ1) is 30.9. The number of carbonyl (C=O) groups excluding carboxylic acids is 1. The monoisotopic (exact) mass is 510 g/mol. The third-order valence-electron chi connectivity index (χ3n) is 6.89. The Morgan fingerprint density at radius 1 is 0.811 bits per heavy atom. The molecule has 2 aromatic carbocycles. The highest BCUT2D eigenvalue weighted by Crippen LogP contribution is 2.19. The van der Waals surface area contributed by atoms with Crippen LogP contribution in [-0.2, 0) is 22.5 Å². The van der Waals surface area contributed by atoms with E-state index in [1.807, 2.05) is 26.0 Å². The molecule has 0 saturated heterocycles. The van der Waals surface area contributed by atoms with Crippen LogP contribution in [0, 0.1) is 5.92 Å². The van der Waals surface area contributed by atoms with Gasteiger partial charge in [0.15, 0.2) is 0 Å². The SMILES string of the molecule is CCCCCCCCCCCc1cccc(OC(C)COC(=O)C(C)C[N+](C)(C)Cc2ccccc2)c1. The number of quaternary nitrogens is 1. The topological polar surface area (TPSA) is 35.5 Å². The summed E-state index contributed by atoms with van der Waals surface area (Å²) in [4.78, 5) is 12.7. The number of unbranched alkanes of at least 4 members (excludes halogenated alkanes) is 8. The second kappa shape index (κ2) is 17.2. The zero-order valence-corrected chi connectivity index (χ0v) is 24.2. The van der Waals surface area contributed by atoms with Gasteiger partial charge < -0.3 is 14.0 Å². The molecule has 4 heteroatoms. The average molecular weight is 511 g/mol. The minimum absolute atomic E-state index is 0.158. The van der Waals surface area contributed by atoms with Gasteiger partial charge in [-0.3, -0.25) is 4.79 Å². The van der Waals surface area contributed by atoms with Crippen molar-refractivity contribution in [2.45, 2.75) is 97.6 Å². The summed E-state index contributed by atoms with van der Waals surface area (Å²) in [5.74, 6) is 0.519. The van der Waals surface area contributed by atoms with Crippen LogP contribution < -0.4 is 4.74 Å². The smallest absolute Gasteiger partial charge is 0.314 e. The van der Waals surface area contributed by atoms with Gasteiger partial charge in [0.2, 0.25) is 0 Å². The number of hydrogen-bond acceptors (Lipinski definition) is 3. The molecule has 0 aromatic heterocycles. The molecule has 2 atom stereocenters. The van der Waals surface area contributed by atoms with Gasteiger partial charge >= 0.3 is 5.97 Å². The van der Waals surface area contributed by atoms with Crippen LogP contribution in [0.15, 0.2) is 54.6 Å². The summed E-state index contributed by atoms with van der Waals surface area (Å²) < 4.78 is 12.4. The first-order valence-corrected chi connectivity index (χ1v) is 14.6. The van der Waals surface area contributed by atoms with Crippen molar-refractivity contribution in [3.8, 4) is 5.75 Å². The summed E-state index contributed by atoms with van der Waals surface area (Å²) in [7, 11) is 4.31. The Labute approximate surface area is 227 Å². The molecule has 0 amide bonds. The number of rotatable bonds is 19. The molecule has 0 heterocycles. The summed E-state index contributed by atoms with van der Waals surface area (Å²) in [5, 5.41) is 0. The molecule has 37 heavy (non-hydrogen) atoms. The van der Waals surface area contributed by atoms with Crippen LogP contribution in [0.3, 0.4) is 0 Å². The van der Waals surface area contributed by atoms with Crippen LogP contribution in [-0.4, -0.2) is 43.8 Å². The molecule has 0 radical (unpaired) electrons. The number of hydrogen-bond donors (Lipinski definition) is 0. The zero-order valence-electron chi connectivity index (χ0n) is 24.2. The second-order valence-electron chi connectivity index (χ2n) is 11.4. The van der Waals surface area contributed by atoms with Gasteiger partial charge in [-0.25, -0.2) is 0 Å². The van der Waals surface area contributed by atoms with Crippen LogP contribution >= 0.6 is 0 Å². The van der Waals surface area contributed by atoms with Crippen molar-refractivity contribution in [3.63, 3.8) is 0 Å². The van der Waals surface area contributed by atoms with Crippen molar-refractivity contribution >= 4 is 5.97 Å². The molecular formula is C33H52NO3+. The fourth-order valence-corrected chi connectivity index (χ4v) is 4.98. The molecule has 0 aliphatic rings. The van der Waals surface area contributed by atoms with Crippen molar-refractivity contribution in [3.05, 3.63) is 65.7 Å². The minimum Gasteiger partial charge on any atom is -0.487 e. The molecular weight excluding hydrogens is 458 g/mol. The summed E-state index contributed by atoms with van der Waals surface area (Å²) in [5.41, 5.74) is 2.59. The van der Waals surface area contributed by atoms with E-state index in [-0.39, 0.29) is 24.6 Å². The minimum atomic E-state index is -0.189. The maximum atomic E-state index is 12.7. The van der Waals surface area contributed by atoms with Crippen LogP contribution in [0.4, 0.5) is 0 Å². The Morgan fingerprint density at radius 3 is 2.11 bits per heavy atom. The van der Waals surface area contributed by atoms with Gasteiger partial charge in [0.1, 0.15) is 30.9 Å². The van der Waals surface area contributed by atoms with Gasteiger partial charge in [0.25, 0.3) is 0 Å². The van der Waals surface area contributed by atoms with E-state index in [1.165, 1.54) is 68.9 Å². The van der Waals surface area contributed by atoms with E-state index in [1.54, 1.807) is 0 Å². The number of aryl methyl sites for hydroxylation is 1. The van der Waals surface area contributed by atoms with Crippen LogP contribution in [0.25, 0.3) is 0 Å².